The number of aliphatic hydroxyl groups excluding tert-OH is 1. The van der Waals surface area contributed by atoms with E-state index < -0.39 is 5.97 Å². The van der Waals surface area contributed by atoms with Crippen LogP contribution in [0.4, 0.5) is 0 Å². The van der Waals surface area contributed by atoms with Gasteiger partial charge in [-0.25, -0.2) is 4.79 Å². The van der Waals surface area contributed by atoms with Crippen LogP contribution >= 0.6 is 0 Å². The number of aliphatic carboxylic acids is 1. The lowest BCUT2D eigenvalue weighted by Crippen LogP contribution is -2.35. The Morgan fingerprint density at radius 1 is 0.974 bits per heavy atom. The number of carboxylic acid groups (broad SMARTS) is 1. The number of aliphatic hydroxyl groups is 1. The van der Waals surface area contributed by atoms with Crippen LogP contribution in [0, 0.1) is 25.7 Å². The lowest BCUT2D eigenvalue weighted by atomic mass is 9.96. The number of hydrogen-bond acceptors (Lipinski definition) is 5. The van der Waals surface area contributed by atoms with Crippen molar-refractivity contribution in [3.63, 3.8) is 0 Å². The van der Waals surface area contributed by atoms with Crippen LogP contribution in [-0.4, -0.2) is 60.0 Å². The maximum atomic E-state index is 10.8. The molecule has 3 aromatic carbocycles. The first-order valence-corrected chi connectivity index (χ1v) is 13.2. The summed E-state index contributed by atoms with van der Waals surface area (Å²) < 4.78 is 11.3. The second-order valence-corrected chi connectivity index (χ2v) is 9.79. The number of aryl methyl sites for hydroxylation is 2. The summed E-state index contributed by atoms with van der Waals surface area (Å²) in [7, 11) is 0. The van der Waals surface area contributed by atoms with Gasteiger partial charge in [0.2, 0.25) is 0 Å². The maximum Gasteiger partial charge on any atom is 0.341 e. The van der Waals surface area contributed by atoms with Gasteiger partial charge < -0.3 is 19.7 Å². The summed E-state index contributed by atoms with van der Waals surface area (Å²) in [6.07, 6.45) is 3.54. The Morgan fingerprint density at radius 2 is 1.64 bits per heavy atom. The van der Waals surface area contributed by atoms with Crippen LogP contribution in [0.3, 0.4) is 0 Å². The molecule has 1 fully saturated rings. The molecule has 39 heavy (non-hydrogen) atoms. The molecule has 0 bridgehead atoms. The molecule has 0 aromatic heterocycles. The van der Waals surface area contributed by atoms with E-state index in [-0.39, 0.29) is 12.7 Å². The van der Waals surface area contributed by atoms with Crippen molar-refractivity contribution in [2.75, 3.05) is 32.8 Å². The third-order valence-electron chi connectivity index (χ3n) is 6.69. The molecule has 4 rings (SSSR count). The number of likely N-dealkylation sites (tertiary alicyclic amines) is 1. The quantitative estimate of drug-likeness (QED) is 0.379. The van der Waals surface area contributed by atoms with Gasteiger partial charge in [-0.05, 0) is 85.4 Å². The van der Waals surface area contributed by atoms with E-state index in [2.05, 4.69) is 66.1 Å². The minimum atomic E-state index is -1.01. The van der Waals surface area contributed by atoms with Crippen molar-refractivity contribution >= 4 is 11.5 Å². The third kappa shape index (κ3) is 8.47. The minimum Gasteiger partial charge on any atom is -0.489 e. The maximum absolute atomic E-state index is 10.8. The molecule has 1 aliphatic rings. The zero-order chi connectivity index (χ0) is 27.6. The predicted molar refractivity (Wildman–Crippen MR) is 153 cm³/mol. The van der Waals surface area contributed by atoms with Crippen LogP contribution in [0.1, 0.15) is 40.7 Å². The Bertz CT molecular complexity index is 1340. The Labute approximate surface area is 230 Å². The highest BCUT2D eigenvalue weighted by Gasteiger charge is 2.15. The number of benzene rings is 3. The number of rotatable bonds is 9. The molecule has 0 radical (unpaired) electrons. The van der Waals surface area contributed by atoms with Crippen LogP contribution in [0.25, 0.3) is 5.57 Å². The molecule has 0 atom stereocenters. The van der Waals surface area contributed by atoms with Gasteiger partial charge in [0, 0.05) is 18.7 Å². The number of carbonyl (C=O) groups is 1. The highest BCUT2D eigenvalue weighted by Crippen LogP contribution is 2.26. The molecule has 6 nitrogen and oxygen atoms in total. The Morgan fingerprint density at radius 3 is 2.28 bits per heavy atom. The first-order valence-electron chi connectivity index (χ1n) is 13.2. The molecule has 0 spiro atoms. The van der Waals surface area contributed by atoms with Crippen molar-refractivity contribution in [1.29, 1.82) is 0 Å². The van der Waals surface area contributed by atoms with Gasteiger partial charge in [0.15, 0.2) is 6.61 Å². The molecule has 0 amide bonds. The fourth-order valence-electron chi connectivity index (χ4n) is 4.43. The molecule has 6 heteroatoms. The first-order chi connectivity index (χ1) is 18.9. The van der Waals surface area contributed by atoms with Crippen LogP contribution < -0.4 is 9.47 Å². The molecular weight excluding hydrogens is 490 g/mol. The smallest absolute Gasteiger partial charge is 0.341 e. The lowest BCUT2D eigenvalue weighted by molar-refractivity contribution is -0.139. The highest BCUT2D eigenvalue weighted by molar-refractivity contribution is 5.80. The van der Waals surface area contributed by atoms with Crippen LogP contribution in [0.15, 0.2) is 72.8 Å². The van der Waals surface area contributed by atoms with Gasteiger partial charge in [-0.3, -0.25) is 4.90 Å². The fraction of sp³-hybridized carbons (Fsp3) is 0.303. The molecule has 2 N–H and O–H groups in total. The first kappa shape index (κ1) is 28.0. The summed E-state index contributed by atoms with van der Waals surface area (Å²) in [5.41, 5.74) is 6.22. The summed E-state index contributed by atoms with van der Waals surface area (Å²) >= 11 is 0. The van der Waals surface area contributed by atoms with Gasteiger partial charge in [-0.15, -0.1) is 0 Å². The Hall–Kier alpha value is -4.05. The van der Waals surface area contributed by atoms with Crippen molar-refractivity contribution in [3.8, 4) is 23.3 Å². The molecule has 1 aliphatic heterocycles. The third-order valence-corrected chi connectivity index (χ3v) is 6.69. The Balaban J connectivity index is 1.45. The van der Waals surface area contributed by atoms with E-state index in [0.717, 1.165) is 53.8 Å². The molecule has 1 heterocycles. The van der Waals surface area contributed by atoms with E-state index in [0.29, 0.717) is 24.7 Å². The van der Waals surface area contributed by atoms with Crippen LogP contribution in [0.5, 0.6) is 11.5 Å². The van der Waals surface area contributed by atoms with Crippen molar-refractivity contribution in [2.24, 2.45) is 0 Å². The van der Waals surface area contributed by atoms with Crippen molar-refractivity contribution in [1.82, 2.24) is 4.90 Å². The van der Waals surface area contributed by atoms with Crippen molar-refractivity contribution in [3.05, 3.63) is 101 Å². The molecule has 0 aliphatic carbocycles. The number of hydrogen-bond donors (Lipinski definition) is 2. The van der Waals surface area contributed by atoms with Gasteiger partial charge in [-0.1, -0.05) is 53.8 Å². The summed E-state index contributed by atoms with van der Waals surface area (Å²) in [6, 6.07) is 22.1. The minimum absolute atomic E-state index is 0.169. The second-order valence-electron chi connectivity index (χ2n) is 9.79. The molecule has 3 aromatic rings. The van der Waals surface area contributed by atoms with E-state index >= 15 is 0 Å². The van der Waals surface area contributed by atoms with Gasteiger partial charge in [-0.2, -0.15) is 0 Å². The van der Waals surface area contributed by atoms with Crippen molar-refractivity contribution < 1.29 is 24.5 Å². The average molecular weight is 526 g/mol. The fourth-order valence-corrected chi connectivity index (χ4v) is 4.43. The molecule has 202 valence electrons. The molecule has 1 saturated heterocycles. The van der Waals surface area contributed by atoms with E-state index in [9.17, 15) is 9.90 Å². The van der Waals surface area contributed by atoms with Gasteiger partial charge in [0.05, 0.1) is 12.6 Å². The predicted octanol–water partition coefficient (Wildman–Crippen LogP) is 5.09. The zero-order valence-electron chi connectivity index (χ0n) is 22.5. The molecule has 0 unspecified atom stereocenters. The van der Waals surface area contributed by atoms with E-state index in [1.165, 1.54) is 5.56 Å². The standard InChI is InChI=1S/C33H35NO5/c1-24-5-9-27(10-6-24)31(17-21-38-30-13-14-32(25(2)22-30)39-23-33(36)37)28-11-7-26(8-12-28)4-3-18-34-19-15-29(35)16-20-34/h5-14,17,22,29,35H,15-16,18-21,23H2,1-2H3,(H,36,37)/b31-17-. The van der Waals surface area contributed by atoms with Crippen LogP contribution in [0.2, 0.25) is 0 Å². The summed E-state index contributed by atoms with van der Waals surface area (Å²) in [6.45, 7) is 6.42. The number of piperidine rings is 1. The summed E-state index contributed by atoms with van der Waals surface area (Å²) in [4.78, 5) is 13.1. The SMILES string of the molecule is Cc1ccc(/C(=C/COc2ccc(OCC(=O)O)c(C)c2)c2ccc(C#CCN3CCC(O)CC3)cc2)cc1. The summed E-state index contributed by atoms with van der Waals surface area (Å²) in [5, 5.41) is 18.5. The van der Waals surface area contributed by atoms with Crippen LogP contribution in [-0.2, 0) is 4.79 Å². The zero-order valence-corrected chi connectivity index (χ0v) is 22.5. The highest BCUT2D eigenvalue weighted by atomic mass is 16.5. The normalized spacial score (nSPS) is 14.4. The second kappa shape index (κ2) is 13.7. The topological polar surface area (TPSA) is 79.2 Å². The molecular formula is C33H35NO5. The average Bonchev–Trinajstić information content (AvgIpc) is 2.93. The number of carboxylic acids is 1. The number of ether oxygens (including phenoxy) is 2. The van der Waals surface area contributed by atoms with E-state index in [4.69, 9.17) is 14.6 Å². The van der Waals surface area contributed by atoms with E-state index in [1.807, 2.05) is 25.1 Å². The number of nitrogens with zero attached hydrogens (tertiary/aromatic N) is 1. The summed E-state index contributed by atoms with van der Waals surface area (Å²) in [5.74, 6) is 6.73. The van der Waals surface area contributed by atoms with Crippen molar-refractivity contribution in [2.45, 2.75) is 32.8 Å². The van der Waals surface area contributed by atoms with Gasteiger partial charge >= 0.3 is 5.97 Å². The van der Waals surface area contributed by atoms with E-state index in [1.54, 1.807) is 12.1 Å². The lowest BCUT2D eigenvalue weighted by Gasteiger charge is -2.27. The molecule has 0 saturated carbocycles. The van der Waals surface area contributed by atoms with Gasteiger partial charge in [0.1, 0.15) is 18.1 Å². The van der Waals surface area contributed by atoms with Gasteiger partial charge in [0.25, 0.3) is 0 Å². The monoisotopic (exact) mass is 525 g/mol. The largest absolute Gasteiger partial charge is 0.489 e. The Kier molecular flexibility index (Phi) is 9.80.